The van der Waals surface area contributed by atoms with E-state index in [0.29, 0.717) is 16.8 Å². The first-order chi connectivity index (χ1) is 8.40. The van der Waals surface area contributed by atoms with Gasteiger partial charge in [-0.3, -0.25) is 0 Å². The molecule has 1 heterocycles. The average Bonchev–Trinajstić information content (AvgIpc) is 2.92. The molecular weight excluding hydrogens is 247 g/mol. The molecule has 0 saturated heterocycles. The number of nitrogen functional groups attached to an aromatic ring is 1. The molecule has 0 spiro atoms. The lowest BCUT2D eigenvalue weighted by molar-refractivity contribution is -0.151. The number of hydrogen-bond acceptors (Lipinski definition) is 4. The number of nitrogens with one attached hydrogen (secondary N) is 1. The summed E-state index contributed by atoms with van der Waals surface area (Å²) in [5, 5.41) is 2.33. The highest BCUT2D eigenvalue weighted by molar-refractivity contribution is 5.78. The second kappa shape index (κ2) is 3.30. The fourth-order valence-corrected chi connectivity index (χ4v) is 1.81. The van der Waals surface area contributed by atoms with Crippen LogP contribution in [0.3, 0.4) is 0 Å². The van der Waals surface area contributed by atoms with E-state index in [9.17, 15) is 13.2 Å². The molecule has 4 nitrogen and oxygen atoms in total. The van der Waals surface area contributed by atoms with Crippen LogP contribution in [0, 0.1) is 0 Å². The fourth-order valence-electron chi connectivity index (χ4n) is 1.81. The van der Waals surface area contributed by atoms with Crippen LogP contribution in [0.2, 0.25) is 0 Å². The highest BCUT2D eigenvalue weighted by Crippen LogP contribution is 2.51. The second-order valence-corrected chi connectivity index (χ2v) is 4.45. The van der Waals surface area contributed by atoms with Crippen LogP contribution in [0.25, 0.3) is 11.1 Å². The summed E-state index contributed by atoms with van der Waals surface area (Å²) in [6.45, 7) is 0. The van der Waals surface area contributed by atoms with Crippen LogP contribution >= 0.6 is 0 Å². The Morgan fingerprint density at radius 2 is 2.06 bits per heavy atom. The molecule has 18 heavy (non-hydrogen) atoms. The molecule has 0 radical (unpaired) electrons. The summed E-state index contributed by atoms with van der Waals surface area (Å²) in [6, 6.07) is 4.62. The molecule has 0 bridgehead atoms. The number of halogens is 3. The molecule has 1 fully saturated rings. The predicted molar refractivity (Wildman–Crippen MR) is 60.1 cm³/mol. The number of aromatic nitrogens is 1. The Balaban J connectivity index is 1.92. The smallest absolute Gasteiger partial charge is 0.411 e. The molecule has 2 aromatic rings. The molecule has 0 aliphatic heterocycles. The lowest BCUT2D eigenvalue weighted by atomic mass is 10.3. The number of rotatable bonds is 2. The standard InChI is InChI=1S/C11H10F3N3O/c12-11(13,14)10(3-4-10)17-9-16-7-5-6(15)1-2-8(7)18-9/h1-2,5H,3-4,15H2,(H,16,17). The molecule has 0 unspecified atom stereocenters. The van der Waals surface area contributed by atoms with Crippen molar-refractivity contribution in [3.63, 3.8) is 0 Å². The van der Waals surface area contributed by atoms with Gasteiger partial charge in [0.25, 0.3) is 6.01 Å². The van der Waals surface area contributed by atoms with Crippen LogP contribution in [-0.2, 0) is 0 Å². The monoisotopic (exact) mass is 257 g/mol. The minimum Gasteiger partial charge on any atom is -0.424 e. The van der Waals surface area contributed by atoms with Crippen molar-refractivity contribution in [2.45, 2.75) is 24.6 Å². The van der Waals surface area contributed by atoms with E-state index in [1.54, 1.807) is 18.2 Å². The zero-order valence-electron chi connectivity index (χ0n) is 9.21. The van der Waals surface area contributed by atoms with E-state index in [-0.39, 0.29) is 18.9 Å². The van der Waals surface area contributed by atoms with E-state index in [1.165, 1.54) is 0 Å². The summed E-state index contributed by atoms with van der Waals surface area (Å²) in [7, 11) is 0. The molecule has 1 aromatic heterocycles. The van der Waals surface area contributed by atoms with E-state index in [0.717, 1.165) is 0 Å². The molecule has 96 valence electrons. The Morgan fingerprint density at radius 3 is 2.67 bits per heavy atom. The molecule has 1 aliphatic carbocycles. The van der Waals surface area contributed by atoms with Crippen molar-refractivity contribution in [2.24, 2.45) is 0 Å². The molecule has 0 amide bonds. The number of oxazole rings is 1. The van der Waals surface area contributed by atoms with E-state index < -0.39 is 11.7 Å². The van der Waals surface area contributed by atoms with Crippen LogP contribution < -0.4 is 11.1 Å². The Labute approximate surface area is 100.0 Å². The minimum absolute atomic E-state index is 0.0391. The minimum atomic E-state index is -4.30. The van der Waals surface area contributed by atoms with Crippen molar-refractivity contribution in [1.29, 1.82) is 0 Å². The molecule has 3 N–H and O–H groups in total. The van der Waals surface area contributed by atoms with Gasteiger partial charge in [0.15, 0.2) is 5.58 Å². The third-order valence-electron chi connectivity index (χ3n) is 3.05. The van der Waals surface area contributed by atoms with E-state index in [1.807, 2.05) is 0 Å². The van der Waals surface area contributed by atoms with Crippen LogP contribution in [0.4, 0.5) is 24.9 Å². The normalized spacial score (nSPS) is 17.9. The van der Waals surface area contributed by atoms with Crippen molar-refractivity contribution in [1.82, 2.24) is 4.98 Å². The number of hydrogen-bond donors (Lipinski definition) is 2. The Morgan fingerprint density at radius 1 is 1.33 bits per heavy atom. The topological polar surface area (TPSA) is 64.1 Å². The number of benzene rings is 1. The first-order valence-electron chi connectivity index (χ1n) is 5.41. The Hall–Kier alpha value is -1.92. The van der Waals surface area contributed by atoms with Gasteiger partial charge >= 0.3 is 6.18 Å². The van der Waals surface area contributed by atoms with Crippen molar-refractivity contribution in [3.8, 4) is 0 Å². The molecule has 1 saturated carbocycles. The van der Waals surface area contributed by atoms with E-state index in [4.69, 9.17) is 10.2 Å². The van der Waals surface area contributed by atoms with Gasteiger partial charge < -0.3 is 15.5 Å². The lowest BCUT2D eigenvalue weighted by Gasteiger charge is -2.19. The zero-order valence-corrected chi connectivity index (χ0v) is 9.21. The van der Waals surface area contributed by atoms with Crippen molar-refractivity contribution >= 4 is 22.8 Å². The van der Waals surface area contributed by atoms with Gasteiger partial charge in [-0.15, -0.1) is 0 Å². The Bertz CT molecular complexity index is 601. The van der Waals surface area contributed by atoms with Crippen LogP contribution in [-0.4, -0.2) is 16.7 Å². The van der Waals surface area contributed by atoms with Crippen molar-refractivity contribution in [3.05, 3.63) is 18.2 Å². The fraction of sp³-hybridized carbons (Fsp3) is 0.364. The SMILES string of the molecule is Nc1ccc2oc(NC3(C(F)(F)F)CC3)nc2c1. The molecular formula is C11H10F3N3O. The van der Waals surface area contributed by atoms with Crippen LogP contribution in [0.15, 0.2) is 22.6 Å². The summed E-state index contributed by atoms with van der Waals surface area (Å²) in [5.41, 5.74) is 5.02. The highest BCUT2D eigenvalue weighted by Gasteiger charge is 2.64. The number of nitrogens with zero attached hydrogens (tertiary/aromatic N) is 1. The largest absolute Gasteiger partial charge is 0.424 e. The van der Waals surface area contributed by atoms with Crippen LogP contribution in [0.1, 0.15) is 12.8 Å². The van der Waals surface area contributed by atoms with Gasteiger partial charge in [0.2, 0.25) is 0 Å². The van der Waals surface area contributed by atoms with Crippen molar-refractivity contribution in [2.75, 3.05) is 11.1 Å². The third-order valence-corrected chi connectivity index (χ3v) is 3.05. The van der Waals surface area contributed by atoms with Gasteiger partial charge in [0.1, 0.15) is 11.1 Å². The summed E-state index contributed by atoms with van der Waals surface area (Å²) in [6.07, 6.45) is -4.22. The second-order valence-electron chi connectivity index (χ2n) is 4.45. The van der Waals surface area contributed by atoms with Gasteiger partial charge in [-0.25, -0.2) is 0 Å². The maximum atomic E-state index is 12.7. The summed E-state index contributed by atoms with van der Waals surface area (Å²) >= 11 is 0. The van der Waals surface area contributed by atoms with Crippen LogP contribution in [0.5, 0.6) is 0 Å². The molecule has 7 heteroatoms. The first kappa shape index (κ1) is 11.2. The molecule has 0 atom stereocenters. The van der Waals surface area contributed by atoms with Gasteiger partial charge in [-0.1, -0.05) is 0 Å². The zero-order chi connectivity index (χ0) is 13.0. The first-order valence-corrected chi connectivity index (χ1v) is 5.41. The highest BCUT2D eigenvalue weighted by atomic mass is 19.4. The quantitative estimate of drug-likeness (QED) is 0.812. The third kappa shape index (κ3) is 1.66. The predicted octanol–water partition coefficient (Wildman–Crippen LogP) is 2.92. The molecule has 1 aliphatic rings. The van der Waals surface area contributed by atoms with Gasteiger partial charge in [0, 0.05) is 5.69 Å². The van der Waals surface area contributed by atoms with E-state index >= 15 is 0 Å². The number of fused-ring (bicyclic) bond motifs is 1. The summed E-state index contributed by atoms with van der Waals surface area (Å²) in [4.78, 5) is 3.95. The van der Waals surface area contributed by atoms with E-state index in [2.05, 4.69) is 10.3 Å². The number of nitrogens with two attached hydrogens (primary N) is 1. The molecule has 1 aromatic carbocycles. The van der Waals surface area contributed by atoms with Gasteiger partial charge in [-0.05, 0) is 31.0 Å². The maximum Gasteiger partial charge on any atom is 0.411 e. The number of alkyl halides is 3. The van der Waals surface area contributed by atoms with Gasteiger partial charge in [-0.2, -0.15) is 18.2 Å². The Kier molecular flexibility index (Phi) is 2.05. The van der Waals surface area contributed by atoms with Crippen molar-refractivity contribution < 1.29 is 17.6 Å². The number of anilines is 2. The maximum absolute atomic E-state index is 12.7. The summed E-state index contributed by atoms with van der Waals surface area (Å²) < 4.78 is 43.5. The molecule has 3 rings (SSSR count). The summed E-state index contributed by atoms with van der Waals surface area (Å²) in [5.74, 6) is 0. The van der Waals surface area contributed by atoms with Gasteiger partial charge in [0.05, 0.1) is 0 Å². The lowest BCUT2D eigenvalue weighted by Crippen LogP contribution is -2.38. The average molecular weight is 257 g/mol.